The standard InChI is InChI=1S/C8H11ClN4O2/c1-15-4-5(10)7(14)13-8-11-3-2-6(9)12-8/h2-3,5H,4,10H2,1H3,(H,11,12,13,14). The molecule has 0 aliphatic carbocycles. The number of anilines is 1. The van der Waals surface area contributed by atoms with Crippen molar-refractivity contribution in [2.45, 2.75) is 6.04 Å². The number of carbonyl (C=O) groups is 1. The number of hydrogen-bond acceptors (Lipinski definition) is 5. The number of aromatic nitrogens is 2. The van der Waals surface area contributed by atoms with Crippen LogP contribution in [0.15, 0.2) is 12.3 Å². The Kier molecular flexibility index (Phi) is 4.41. The first-order valence-corrected chi connectivity index (χ1v) is 4.55. The largest absolute Gasteiger partial charge is 0.383 e. The van der Waals surface area contributed by atoms with E-state index < -0.39 is 11.9 Å². The van der Waals surface area contributed by atoms with Crippen LogP contribution in [0.3, 0.4) is 0 Å². The van der Waals surface area contributed by atoms with Gasteiger partial charge >= 0.3 is 0 Å². The summed E-state index contributed by atoms with van der Waals surface area (Å²) in [6.07, 6.45) is 1.44. The third-order valence-corrected chi connectivity index (χ3v) is 1.75. The summed E-state index contributed by atoms with van der Waals surface area (Å²) < 4.78 is 4.73. The van der Waals surface area contributed by atoms with Gasteiger partial charge in [0.25, 0.3) is 0 Å². The van der Waals surface area contributed by atoms with Gasteiger partial charge in [0, 0.05) is 13.3 Å². The second kappa shape index (κ2) is 5.59. The Balaban J connectivity index is 2.58. The minimum Gasteiger partial charge on any atom is -0.383 e. The van der Waals surface area contributed by atoms with E-state index in [-0.39, 0.29) is 17.7 Å². The van der Waals surface area contributed by atoms with Gasteiger partial charge in [-0.3, -0.25) is 10.1 Å². The Bertz CT molecular complexity index is 347. The smallest absolute Gasteiger partial charge is 0.246 e. The van der Waals surface area contributed by atoms with Crippen molar-refractivity contribution in [1.29, 1.82) is 0 Å². The summed E-state index contributed by atoms with van der Waals surface area (Å²) in [7, 11) is 1.46. The fraction of sp³-hybridized carbons (Fsp3) is 0.375. The molecular formula is C8H11ClN4O2. The lowest BCUT2D eigenvalue weighted by atomic mass is 10.3. The summed E-state index contributed by atoms with van der Waals surface area (Å²) >= 11 is 5.61. The molecule has 0 fully saturated rings. The highest BCUT2D eigenvalue weighted by Crippen LogP contribution is 2.05. The number of carbonyl (C=O) groups excluding carboxylic acids is 1. The quantitative estimate of drug-likeness (QED) is 0.713. The second-order valence-electron chi connectivity index (χ2n) is 2.75. The summed E-state index contributed by atoms with van der Waals surface area (Å²) in [5, 5.41) is 2.67. The highest BCUT2D eigenvalue weighted by atomic mass is 35.5. The van der Waals surface area contributed by atoms with Gasteiger partial charge in [-0.2, -0.15) is 0 Å². The van der Waals surface area contributed by atoms with Crippen LogP contribution in [0.25, 0.3) is 0 Å². The molecule has 0 radical (unpaired) electrons. The third-order valence-electron chi connectivity index (χ3n) is 1.54. The number of rotatable bonds is 4. The molecule has 1 heterocycles. The molecule has 0 spiro atoms. The van der Waals surface area contributed by atoms with Crippen LogP contribution in [0.4, 0.5) is 5.95 Å². The molecule has 1 amide bonds. The number of hydrogen-bond donors (Lipinski definition) is 2. The monoisotopic (exact) mass is 230 g/mol. The third kappa shape index (κ3) is 3.78. The van der Waals surface area contributed by atoms with E-state index >= 15 is 0 Å². The van der Waals surface area contributed by atoms with E-state index in [9.17, 15) is 4.79 Å². The highest BCUT2D eigenvalue weighted by Gasteiger charge is 2.14. The molecular weight excluding hydrogens is 220 g/mol. The number of ether oxygens (including phenoxy) is 1. The minimum atomic E-state index is -0.752. The molecule has 15 heavy (non-hydrogen) atoms. The van der Waals surface area contributed by atoms with E-state index in [1.165, 1.54) is 19.4 Å². The van der Waals surface area contributed by atoms with Crippen LogP contribution in [-0.4, -0.2) is 35.6 Å². The number of nitrogens with one attached hydrogen (secondary N) is 1. The first-order chi connectivity index (χ1) is 7.13. The maximum absolute atomic E-state index is 11.4. The van der Waals surface area contributed by atoms with Gasteiger partial charge < -0.3 is 10.5 Å². The van der Waals surface area contributed by atoms with E-state index in [1.807, 2.05) is 0 Å². The molecule has 0 aliphatic rings. The van der Waals surface area contributed by atoms with Crippen molar-refractivity contribution in [2.75, 3.05) is 19.0 Å². The molecule has 7 heteroatoms. The molecule has 1 atom stereocenters. The summed E-state index contributed by atoms with van der Waals surface area (Å²) in [6.45, 7) is 0.131. The van der Waals surface area contributed by atoms with Gasteiger partial charge in [-0.15, -0.1) is 0 Å². The van der Waals surface area contributed by atoms with Crippen LogP contribution < -0.4 is 11.1 Å². The molecule has 1 aromatic rings. The van der Waals surface area contributed by atoms with Crippen LogP contribution >= 0.6 is 11.6 Å². The van der Waals surface area contributed by atoms with Crippen molar-refractivity contribution in [3.63, 3.8) is 0 Å². The molecule has 0 bridgehead atoms. The Hall–Kier alpha value is -1.24. The summed E-state index contributed by atoms with van der Waals surface area (Å²) in [5.41, 5.74) is 5.49. The predicted octanol–water partition coefficient (Wildman–Crippen LogP) is 0.0422. The zero-order valence-corrected chi connectivity index (χ0v) is 8.86. The van der Waals surface area contributed by atoms with Gasteiger partial charge in [-0.1, -0.05) is 11.6 Å². The van der Waals surface area contributed by atoms with Crippen molar-refractivity contribution >= 4 is 23.5 Å². The molecule has 82 valence electrons. The van der Waals surface area contributed by atoms with Crippen LogP contribution in [0.2, 0.25) is 5.15 Å². The van der Waals surface area contributed by atoms with Crippen molar-refractivity contribution in [2.24, 2.45) is 5.73 Å². The van der Waals surface area contributed by atoms with Crippen molar-refractivity contribution in [1.82, 2.24) is 9.97 Å². The van der Waals surface area contributed by atoms with Crippen LogP contribution in [0.5, 0.6) is 0 Å². The minimum absolute atomic E-state index is 0.124. The molecule has 1 aromatic heterocycles. The summed E-state index contributed by atoms with van der Waals surface area (Å²) in [6, 6.07) is 0.754. The van der Waals surface area contributed by atoms with Gasteiger partial charge in [0.1, 0.15) is 11.2 Å². The molecule has 0 aromatic carbocycles. The molecule has 6 nitrogen and oxygen atoms in total. The first-order valence-electron chi connectivity index (χ1n) is 4.17. The zero-order chi connectivity index (χ0) is 11.3. The number of amides is 1. The number of methoxy groups -OCH3 is 1. The van der Waals surface area contributed by atoms with Gasteiger partial charge in [0.15, 0.2) is 0 Å². The second-order valence-corrected chi connectivity index (χ2v) is 3.14. The van der Waals surface area contributed by atoms with Crippen molar-refractivity contribution < 1.29 is 9.53 Å². The maximum Gasteiger partial charge on any atom is 0.246 e. The van der Waals surface area contributed by atoms with E-state index in [2.05, 4.69) is 15.3 Å². The predicted molar refractivity (Wildman–Crippen MR) is 55.5 cm³/mol. The topological polar surface area (TPSA) is 90.1 Å². The van der Waals surface area contributed by atoms with Gasteiger partial charge in [-0.25, -0.2) is 9.97 Å². The molecule has 1 unspecified atom stereocenters. The Morgan fingerprint density at radius 1 is 1.80 bits per heavy atom. The number of nitrogens with zero attached hydrogens (tertiary/aromatic N) is 2. The van der Waals surface area contributed by atoms with Crippen molar-refractivity contribution in [3.8, 4) is 0 Å². The Labute approximate surface area is 91.8 Å². The average Bonchev–Trinajstić information content (AvgIpc) is 2.18. The summed E-state index contributed by atoms with van der Waals surface area (Å²) in [5.74, 6) is -0.293. The normalized spacial score (nSPS) is 12.2. The lowest BCUT2D eigenvalue weighted by molar-refractivity contribution is -0.118. The number of halogens is 1. The van der Waals surface area contributed by atoms with Crippen LogP contribution in [0.1, 0.15) is 0 Å². The highest BCUT2D eigenvalue weighted by molar-refractivity contribution is 6.29. The Morgan fingerprint density at radius 2 is 2.53 bits per heavy atom. The molecule has 0 saturated carbocycles. The molecule has 1 rings (SSSR count). The fourth-order valence-corrected chi connectivity index (χ4v) is 0.991. The van der Waals surface area contributed by atoms with Gasteiger partial charge in [0.05, 0.1) is 6.61 Å². The molecule has 3 N–H and O–H groups in total. The van der Waals surface area contributed by atoms with Gasteiger partial charge in [-0.05, 0) is 6.07 Å². The summed E-state index contributed by atoms with van der Waals surface area (Å²) in [4.78, 5) is 19.0. The van der Waals surface area contributed by atoms with Crippen molar-refractivity contribution in [3.05, 3.63) is 17.4 Å². The van der Waals surface area contributed by atoms with Gasteiger partial charge in [0.2, 0.25) is 11.9 Å². The zero-order valence-electron chi connectivity index (χ0n) is 8.11. The molecule has 0 aliphatic heterocycles. The van der Waals surface area contributed by atoms with E-state index in [0.717, 1.165) is 0 Å². The van der Waals surface area contributed by atoms with E-state index in [0.29, 0.717) is 0 Å². The fourth-order valence-electron chi connectivity index (χ4n) is 0.855. The number of nitrogens with two attached hydrogens (primary N) is 1. The average molecular weight is 231 g/mol. The maximum atomic E-state index is 11.4. The SMILES string of the molecule is COCC(N)C(=O)Nc1nccc(Cl)n1. The lowest BCUT2D eigenvalue weighted by Gasteiger charge is -2.09. The Morgan fingerprint density at radius 3 is 3.13 bits per heavy atom. The molecule has 0 saturated heterocycles. The van der Waals surface area contributed by atoms with E-state index in [4.69, 9.17) is 22.1 Å². The first kappa shape index (κ1) is 11.8. The van der Waals surface area contributed by atoms with E-state index in [1.54, 1.807) is 0 Å². The van der Waals surface area contributed by atoms with Crippen LogP contribution in [-0.2, 0) is 9.53 Å². The van der Waals surface area contributed by atoms with Crippen LogP contribution in [0, 0.1) is 0 Å². The lowest BCUT2D eigenvalue weighted by Crippen LogP contribution is -2.39.